The number of aromatic nitrogens is 7. The number of rotatable bonds is 6. The van der Waals surface area contributed by atoms with E-state index in [9.17, 15) is 4.79 Å². The van der Waals surface area contributed by atoms with Gasteiger partial charge < -0.3 is 15.0 Å². The lowest BCUT2D eigenvalue weighted by molar-refractivity contribution is -0.0208. The van der Waals surface area contributed by atoms with Crippen LogP contribution in [0.5, 0.6) is 0 Å². The van der Waals surface area contributed by atoms with Crippen LogP contribution in [0.15, 0.2) is 76.5 Å². The number of anilines is 2. The molecule has 0 amide bonds. The van der Waals surface area contributed by atoms with E-state index in [0.717, 1.165) is 47.7 Å². The first-order valence-corrected chi connectivity index (χ1v) is 12.9. The third kappa shape index (κ3) is 4.93. The van der Waals surface area contributed by atoms with Crippen LogP contribution >= 0.6 is 15.9 Å². The van der Waals surface area contributed by atoms with E-state index < -0.39 is 0 Å². The molecule has 1 fully saturated rings. The maximum Gasteiger partial charge on any atom is 0.266 e. The number of hydrogen-bond donors (Lipinski definition) is 1. The van der Waals surface area contributed by atoms with Crippen molar-refractivity contribution in [2.75, 3.05) is 32.1 Å². The van der Waals surface area contributed by atoms with E-state index >= 15 is 0 Å². The molecule has 38 heavy (non-hydrogen) atoms. The molecule has 4 aromatic heterocycles. The molecule has 5 heterocycles. The van der Waals surface area contributed by atoms with Crippen LogP contribution in [0.1, 0.15) is 17.4 Å². The topological polar surface area (TPSA) is 116 Å². The van der Waals surface area contributed by atoms with Crippen molar-refractivity contribution in [3.8, 4) is 5.69 Å². The van der Waals surface area contributed by atoms with Crippen molar-refractivity contribution < 1.29 is 4.74 Å². The number of nitrogens with one attached hydrogen (secondary N) is 1. The standard InChI is InChI=1S/C26H24BrN9O2/c1-34-10-11-38-23(16-34)17-2-4-19(5-3-17)31-26-29-13-18-12-22(27)25(37)35(24(18)32-26)15-21-14-30-33-36(21)20-6-8-28-9-7-20/h2-9,12-14,23H,10-11,15-16H2,1H3,(H,29,31,32). The van der Waals surface area contributed by atoms with Gasteiger partial charge in [0.25, 0.3) is 5.56 Å². The summed E-state index contributed by atoms with van der Waals surface area (Å²) in [4.78, 5) is 28.7. The maximum absolute atomic E-state index is 13.2. The monoisotopic (exact) mass is 573 g/mol. The average Bonchev–Trinajstić information content (AvgIpc) is 3.41. The maximum atomic E-state index is 13.2. The van der Waals surface area contributed by atoms with E-state index in [1.807, 2.05) is 36.4 Å². The van der Waals surface area contributed by atoms with Crippen LogP contribution in [0.2, 0.25) is 0 Å². The van der Waals surface area contributed by atoms with Crippen molar-refractivity contribution in [2.24, 2.45) is 0 Å². The summed E-state index contributed by atoms with van der Waals surface area (Å²) >= 11 is 3.39. The summed E-state index contributed by atoms with van der Waals surface area (Å²) < 4.78 is 9.60. The molecule has 1 aliphatic heterocycles. The Balaban J connectivity index is 1.30. The molecule has 1 atom stereocenters. The van der Waals surface area contributed by atoms with Gasteiger partial charge in [-0.1, -0.05) is 17.3 Å². The fourth-order valence-electron chi connectivity index (χ4n) is 4.45. The second-order valence-corrected chi connectivity index (χ2v) is 9.92. The van der Waals surface area contributed by atoms with Crippen molar-refractivity contribution in [1.29, 1.82) is 0 Å². The molecule has 1 unspecified atom stereocenters. The fourth-order valence-corrected chi connectivity index (χ4v) is 4.91. The predicted molar refractivity (Wildman–Crippen MR) is 146 cm³/mol. The minimum Gasteiger partial charge on any atom is -0.371 e. The normalized spacial score (nSPS) is 16.1. The number of halogens is 1. The molecule has 0 bridgehead atoms. The predicted octanol–water partition coefficient (Wildman–Crippen LogP) is 3.32. The molecule has 192 valence electrons. The first kappa shape index (κ1) is 24.3. The number of nitrogens with zero attached hydrogens (tertiary/aromatic N) is 8. The van der Waals surface area contributed by atoms with Gasteiger partial charge in [-0.05, 0) is 58.9 Å². The summed E-state index contributed by atoms with van der Waals surface area (Å²) in [7, 11) is 2.10. The van der Waals surface area contributed by atoms with Crippen LogP contribution in [-0.2, 0) is 11.3 Å². The average molecular weight is 574 g/mol. The molecule has 0 aliphatic carbocycles. The lowest BCUT2D eigenvalue weighted by atomic mass is 10.1. The van der Waals surface area contributed by atoms with E-state index in [2.05, 4.69) is 53.5 Å². The summed E-state index contributed by atoms with van der Waals surface area (Å²) in [5.74, 6) is 0.384. The molecule has 0 radical (unpaired) electrons. The Morgan fingerprint density at radius 2 is 1.95 bits per heavy atom. The number of ether oxygens (including phenoxy) is 1. The SMILES string of the molecule is CN1CCOC(c2ccc(Nc3ncc4cc(Br)c(=O)n(Cc5cnnn5-c5ccncc5)c4n3)cc2)C1. The first-order valence-electron chi connectivity index (χ1n) is 12.1. The summed E-state index contributed by atoms with van der Waals surface area (Å²) in [6.07, 6.45) is 6.75. The highest BCUT2D eigenvalue weighted by Crippen LogP contribution is 2.24. The van der Waals surface area contributed by atoms with Crippen LogP contribution in [0.4, 0.5) is 11.6 Å². The first-order chi connectivity index (χ1) is 18.5. The van der Waals surface area contributed by atoms with Gasteiger partial charge in [0.05, 0.1) is 41.3 Å². The van der Waals surface area contributed by atoms with Crippen LogP contribution in [0.25, 0.3) is 16.7 Å². The quantitative estimate of drug-likeness (QED) is 0.326. The Morgan fingerprint density at radius 3 is 2.74 bits per heavy atom. The minimum absolute atomic E-state index is 0.0580. The molecule has 0 spiro atoms. The van der Waals surface area contributed by atoms with Gasteiger partial charge in [-0.15, -0.1) is 5.10 Å². The summed E-state index contributed by atoms with van der Waals surface area (Å²) in [5.41, 5.74) is 3.75. The molecular weight excluding hydrogens is 550 g/mol. The van der Waals surface area contributed by atoms with Gasteiger partial charge in [-0.25, -0.2) is 9.67 Å². The number of fused-ring (bicyclic) bond motifs is 1. The highest BCUT2D eigenvalue weighted by atomic mass is 79.9. The largest absolute Gasteiger partial charge is 0.371 e. The lowest BCUT2D eigenvalue weighted by Crippen LogP contribution is -2.35. The second-order valence-electron chi connectivity index (χ2n) is 9.07. The Morgan fingerprint density at radius 1 is 1.13 bits per heavy atom. The van der Waals surface area contributed by atoms with Crippen molar-refractivity contribution in [3.63, 3.8) is 0 Å². The van der Waals surface area contributed by atoms with Crippen LogP contribution in [0, 0.1) is 0 Å². The van der Waals surface area contributed by atoms with Gasteiger partial charge >= 0.3 is 0 Å². The Kier molecular flexibility index (Phi) is 6.66. The van der Waals surface area contributed by atoms with Crippen molar-refractivity contribution in [1.82, 2.24) is 39.4 Å². The van der Waals surface area contributed by atoms with Gasteiger partial charge in [0.15, 0.2) is 0 Å². The molecule has 1 aliphatic rings. The number of hydrogen-bond acceptors (Lipinski definition) is 9. The Labute approximate surface area is 226 Å². The van der Waals surface area contributed by atoms with Crippen molar-refractivity contribution in [3.05, 3.63) is 93.3 Å². The molecule has 1 saturated heterocycles. The molecule has 0 saturated carbocycles. The number of pyridine rings is 2. The third-order valence-corrected chi connectivity index (χ3v) is 7.01. The van der Waals surface area contributed by atoms with E-state index in [1.165, 1.54) is 0 Å². The number of benzene rings is 1. The van der Waals surface area contributed by atoms with Gasteiger partial charge in [0.1, 0.15) is 5.65 Å². The molecule has 11 nitrogen and oxygen atoms in total. The summed E-state index contributed by atoms with van der Waals surface area (Å²) in [5, 5.41) is 12.2. The zero-order valence-corrected chi connectivity index (χ0v) is 22.1. The Bertz CT molecular complexity index is 1640. The van der Waals surface area contributed by atoms with E-state index in [4.69, 9.17) is 9.72 Å². The van der Waals surface area contributed by atoms with Gasteiger partial charge in [0, 0.05) is 42.8 Å². The van der Waals surface area contributed by atoms with Crippen LogP contribution in [-0.4, -0.2) is 66.2 Å². The van der Waals surface area contributed by atoms with Crippen molar-refractivity contribution >= 4 is 38.6 Å². The number of likely N-dealkylation sites (N-methyl/N-ethyl adjacent to an activating group) is 1. The smallest absolute Gasteiger partial charge is 0.266 e. The molecular formula is C26H24BrN9O2. The lowest BCUT2D eigenvalue weighted by Gasteiger charge is -2.30. The second kappa shape index (κ2) is 10.4. The van der Waals surface area contributed by atoms with Crippen LogP contribution < -0.4 is 10.9 Å². The zero-order chi connectivity index (χ0) is 26.1. The number of morpholine rings is 1. The van der Waals surface area contributed by atoms with Crippen LogP contribution in [0.3, 0.4) is 0 Å². The highest BCUT2D eigenvalue weighted by Gasteiger charge is 2.19. The van der Waals surface area contributed by atoms with E-state index in [0.29, 0.717) is 16.1 Å². The van der Waals surface area contributed by atoms with Gasteiger partial charge in [-0.3, -0.25) is 14.3 Å². The third-order valence-electron chi connectivity index (χ3n) is 6.44. The minimum atomic E-state index is -0.216. The Hall–Kier alpha value is -4.00. The van der Waals surface area contributed by atoms with E-state index in [1.54, 1.807) is 40.1 Å². The van der Waals surface area contributed by atoms with Gasteiger partial charge in [0.2, 0.25) is 5.95 Å². The fraction of sp³-hybridized carbons (Fsp3) is 0.231. The van der Waals surface area contributed by atoms with E-state index in [-0.39, 0.29) is 18.2 Å². The summed E-state index contributed by atoms with van der Waals surface area (Å²) in [6, 6.07) is 13.4. The highest BCUT2D eigenvalue weighted by molar-refractivity contribution is 9.10. The molecule has 5 aromatic rings. The van der Waals surface area contributed by atoms with Gasteiger partial charge in [-0.2, -0.15) is 4.98 Å². The molecule has 6 rings (SSSR count). The molecule has 1 N–H and O–H groups in total. The molecule has 1 aromatic carbocycles. The van der Waals surface area contributed by atoms with Crippen molar-refractivity contribution in [2.45, 2.75) is 12.6 Å². The molecule has 12 heteroatoms. The zero-order valence-electron chi connectivity index (χ0n) is 20.5. The summed E-state index contributed by atoms with van der Waals surface area (Å²) in [6.45, 7) is 2.75.